The van der Waals surface area contributed by atoms with Gasteiger partial charge >= 0.3 is 5.97 Å². The van der Waals surface area contributed by atoms with Gasteiger partial charge in [-0.2, -0.15) is 0 Å². The van der Waals surface area contributed by atoms with Gasteiger partial charge in [0.25, 0.3) is 5.78 Å². The maximum Gasteiger partial charge on any atom is 0.377 e. The predicted molar refractivity (Wildman–Crippen MR) is 33.2 cm³/mol. The van der Waals surface area contributed by atoms with Crippen molar-refractivity contribution in [1.82, 2.24) is 0 Å². The first-order valence-corrected chi connectivity index (χ1v) is 2.64. The van der Waals surface area contributed by atoms with E-state index in [2.05, 4.69) is 11.3 Å². The van der Waals surface area contributed by atoms with Crippen molar-refractivity contribution in [2.75, 3.05) is 13.2 Å². The summed E-state index contributed by atoms with van der Waals surface area (Å²) in [5.41, 5.74) is 0. The van der Waals surface area contributed by atoms with Gasteiger partial charge in [-0.1, -0.05) is 12.7 Å². The van der Waals surface area contributed by atoms with Crippen LogP contribution >= 0.6 is 0 Å². The molecule has 0 aromatic carbocycles. The molecular weight excluding hydrogens is 136 g/mol. The van der Waals surface area contributed by atoms with Crippen molar-refractivity contribution in [3.05, 3.63) is 12.7 Å². The van der Waals surface area contributed by atoms with E-state index < -0.39 is 18.4 Å². The van der Waals surface area contributed by atoms with Crippen LogP contribution in [0.5, 0.6) is 0 Å². The third kappa shape index (κ3) is 2.99. The second kappa shape index (κ2) is 4.69. The number of carbonyl (C=O) groups is 2. The number of ketones is 1. The highest BCUT2D eigenvalue weighted by molar-refractivity contribution is 6.34. The molecule has 1 N–H and O–H groups in total. The summed E-state index contributed by atoms with van der Waals surface area (Å²) in [4.78, 5) is 20.6. The van der Waals surface area contributed by atoms with Crippen LogP contribution in [0.3, 0.4) is 0 Å². The normalized spacial score (nSPS) is 8.50. The second-order valence-electron chi connectivity index (χ2n) is 1.47. The van der Waals surface area contributed by atoms with Gasteiger partial charge in [-0.3, -0.25) is 4.79 Å². The molecule has 0 amide bonds. The lowest BCUT2D eigenvalue weighted by molar-refractivity contribution is -0.154. The van der Waals surface area contributed by atoms with Crippen molar-refractivity contribution in [2.24, 2.45) is 0 Å². The largest absolute Gasteiger partial charge is 0.456 e. The smallest absolute Gasteiger partial charge is 0.377 e. The van der Waals surface area contributed by atoms with Gasteiger partial charge in [0.05, 0.1) is 0 Å². The number of hydrogen-bond donors (Lipinski definition) is 1. The Labute approximate surface area is 58.1 Å². The van der Waals surface area contributed by atoms with Crippen LogP contribution in [0.1, 0.15) is 0 Å². The molecule has 4 nitrogen and oxygen atoms in total. The molecule has 0 unspecified atom stereocenters. The average Bonchev–Trinajstić information content (AvgIpc) is 1.98. The zero-order valence-corrected chi connectivity index (χ0v) is 5.37. The van der Waals surface area contributed by atoms with Crippen LogP contribution in [0.25, 0.3) is 0 Å². The van der Waals surface area contributed by atoms with Gasteiger partial charge in [-0.15, -0.1) is 0 Å². The van der Waals surface area contributed by atoms with Crippen molar-refractivity contribution in [3.8, 4) is 0 Å². The Morgan fingerprint density at radius 3 is 2.60 bits per heavy atom. The number of hydrogen-bond acceptors (Lipinski definition) is 4. The van der Waals surface area contributed by atoms with Crippen molar-refractivity contribution in [1.29, 1.82) is 0 Å². The number of Topliss-reactive ketones (excluding diaryl/α,β-unsaturated/α-hetero) is 1. The van der Waals surface area contributed by atoms with Gasteiger partial charge in [-0.05, 0) is 0 Å². The molecule has 0 saturated heterocycles. The number of aliphatic hydroxyl groups is 1. The molecule has 0 fully saturated rings. The topological polar surface area (TPSA) is 63.6 Å². The lowest BCUT2D eigenvalue weighted by Gasteiger charge is -1.96. The van der Waals surface area contributed by atoms with E-state index in [1.165, 1.54) is 6.08 Å². The molecule has 0 aliphatic rings. The number of rotatable bonds is 4. The molecule has 0 bridgehead atoms. The molecule has 4 heteroatoms. The van der Waals surface area contributed by atoms with Gasteiger partial charge in [0.15, 0.2) is 0 Å². The fourth-order valence-corrected chi connectivity index (χ4v) is 0.280. The van der Waals surface area contributed by atoms with Crippen molar-refractivity contribution < 1.29 is 19.4 Å². The Kier molecular flexibility index (Phi) is 4.15. The second-order valence-corrected chi connectivity index (χ2v) is 1.47. The molecule has 0 rings (SSSR count). The van der Waals surface area contributed by atoms with E-state index in [0.29, 0.717) is 0 Å². The first kappa shape index (κ1) is 8.84. The standard InChI is InChI=1S/C6H8O4/c1-2-3-10-6(9)5(8)4-7/h2,7H,1,3-4H2. The highest BCUT2D eigenvalue weighted by atomic mass is 16.5. The number of esters is 1. The predicted octanol–water partition coefficient (Wildman–Crippen LogP) is -0.723. The zero-order chi connectivity index (χ0) is 7.98. The fraction of sp³-hybridized carbons (Fsp3) is 0.333. The molecule has 0 atom stereocenters. The Bertz CT molecular complexity index is 150. The maximum atomic E-state index is 10.4. The van der Waals surface area contributed by atoms with Gasteiger partial charge < -0.3 is 9.84 Å². The van der Waals surface area contributed by atoms with Crippen molar-refractivity contribution in [3.63, 3.8) is 0 Å². The fourth-order valence-electron chi connectivity index (χ4n) is 0.280. The first-order valence-electron chi connectivity index (χ1n) is 2.64. The van der Waals surface area contributed by atoms with E-state index in [9.17, 15) is 9.59 Å². The Balaban J connectivity index is 3.62. The summed E-state index contributed by atoms with van der Waals surface area (Å²) in [5.74, 6) is -1.97. The van der Waals surface area contributed by atoms with Crippen LogP contribution in [0.2, 0.25) is 0 Å². The first-order chi connectivity index (χ1) is 4.72. The van der Waals surface area contributed by atoms with Crippen LogP contribution in [0.15, 0.2) is 12.7 Å². The average molecular weight is 144 g/mol. The van der Waals surface area contributed by atoms with E-state index in [1.807, 2.05) is 0 Å². The third-order valence-electron chi connectivity index (χ3n) is 0.704. The SMILES string of the molecule is C=CCOC(=O)C(=O)CO. The molecule has 0 heterocycles. The summed E-state index contributed by atoms with van der Waals surface area (Å²) in [6, 6.07) is 0. The van der Waals surface area contributed by atoms with Gasteiger partial charge in [0.2, 0.25) is 0 Å². The van der Waals surface area contributed by atoms with Crippen molar-refractivity contribution >= 4 is 11.8 Å². The molecule has 0 saturated carbocycles. The molecule has 10 heavy (non-hydrogen) atoms. The molecule has 0 radical (unpaired) electrons. The van der Waals surface area contributed by atoms with E-state index in [4.69, 9.17) is 5.11 Å². The Morgan fingerprint density at radius 2 is 2.20 bits per heavy atom. The molecule has 0 aliphatic heterocycles. The van der Waals surface area contributed by atoms with Crippen LogP contribution in [0.4, 0.5) is 0 Å². The van der Waals surface area contributed by atoms with Crippen LogP contribution < -0.4 is 0 Å². The maximum absolute atomic E-state index is 10.4. The van der Waals surface area contributed by atoms with Crippen LogP contribution in [-0.4, -0.2) is 30.1 Å². The summed E-state index contributed by atoms with van der Waals surface area (Å²) >= 11 is 0. The monoisotopic (exact) mass is 144 g/mol. The molecular formula is C6H8O4. The summed E-state index contributed by atoms with van der Waals surface area (Å²) in [5, 5.41) is 8.13. The quantitative estimate of drug-likeness (QED) is 0.321. The number of aliphatic hydroxyl groups excluding tert-OH is 1. The Hall–Kier alpha value is -1.16. The number of ether oxygens (including phenoxy) is 1. The lowest BCUT2D eigenvalue weighted by Crippen LogP contribution is -2.20. The summed E-state index contributed by atoms with van der Waals surface area (Å²) in [6.45, 7) is 2.45. The molecule has 56 valence electrons. The van der Waals surface area contributed by atoms with Crippen LogP contribution in [0, 0.1) is 0 Å². The lowest BCUT2D eigenvalue weighted by atomic mass is 10.4. The zero-order valence-electron chi connectivity index (χ0n) is 5.37. The summed E-state index contributed by atoms with van der Waals surface area (Å²) in [7, 11) is 0. The minimum atomic E-state index is -1.03. The number of carbonyl (C=O) groups excluding carboxylic acids is 2. The Morgan fingerprint density at radius 1 is 1.60 bits per heavy atom. The molecule has 0 aliphatic carbocycles. The van der Waals surface area contributed by atoms with E-state index in [0.717, 1.165) is 0 Å². The molecule has 0 aromatic rings. The summed E-state index contributed by atoms with van der Waals surface area (Å²) < 4.78 is 4.28. The highest BCUT2D eigenvalue weighted by Crippen LogP contribution is 1.80. The van der Waals surface area contributed by atoms with Gasteiger partial charge in [0, 0.05) is 0 Å². The van der Waals surface area contributed by atoms with E-state index in [1.54, 1.807) is 0 Å². The van der Waals surface area contributed by atoms with Crippen molar-refractivity contribution in [2.45, 2.75) is 0 Å². The van der Waals surface area contributed by atoms with Crippen LogP contribution in [-0.2, 0) is 14.3 Å². The summed E-state index contributed by atoms with van der Waals surface area (Å²) in [6.07, 6.45) is 1.34. The highest BCUT2D eigenvalue weighted by Gasteiger charge is 2.11. The molecule has 0 aromatic heterocycles. The third-order valence-corrected chi connectivity index (χ3v) is 0.704. The molecule has 0 spiro atoms. The van der Waals surface area contributed by atoms with E-state index >= 15 is 0 Å². The van der Waals surface area contributed by atoms with E-state index in [-0.39, 0.29) is 6.61 Å². The minimum absolute atomic E-state index is 0.00935. The van der Waals surface area contributed by atoms with Gasteiger partial charge in [-0.25, -0.2) is 4.79 Å². The minimum Gasteiger partial charge on any atom is -0.456 e. The van der Waals surface area contributed by atoms with Gasteiger partial charge in [0.1, 0.15) is 13.2 Å².